The number of aromatic nitrogens is 1. The van der Waals surface area contributed by atoms with Crippen LogP contribution in [0.3, 0.4) is 0 Å². The highest BCUT2D eigenvalue weighted by atomic mass is 79.9. The van der Waals surface area contributed by atoms with E-state index in [9.17, 15) is 14.3 Å². The Morgan fingerprint density at radius 1 is 1.55 bits per heavy atom. The Bertz CT molecular complexity index is 656. The van der Waals surface area contributed by atoms with Crippen molar-refractivity contribution >= 4 is 21.9 Å². The maximum absolute atomic E-state index is 13.9. The molecule has 1 aromatic heterocycles. The van der Waals surface area contributed by atoms with E-state index in [0.29, 0.717) is 10.2 Å². The molecule has 1 N–H and O–H groups in total. The summed E-state index contributed by atoms with van der Waals surface area (Å²) in [6.45, 7) is 1.55. The number of aliphatic hydroxyl groups is 1. The minimum Gasteiger partial charge on any atom is -0.463 e. The van der Waals surface area contributed by atoms with Crippen LogP contribution in [0.2, 0.25) is 0 Å². The van der Waals surface area contributed by atoms with E-state index in [1.54, 1.807) is 13.0 Å². The highest BCUT2D eigenvalue weighted by Crippen LogP contribution is 2.30. The van der Waals surface area contributed by atoms with Crippen molar-refractivity contribution in [1.82, 2.24) is 5.16 Å². The maximum Gasteiger partial charge on any atom is 0.377 e. The van der Waals surface area contributed by atoms with Crippen LogP contribution in [-0.4, -0.2) is 23.3 Å². The quantitative estimate of drug-likeness (QED) is 0.867. The van der Waals surface area contributed by atoms with E-state index in [-0.39, 0.29) is 16.9 Å². The number of aryl methyl sites for hydroxylation is 1. The summed E-state index contributed by atoms with van der Waals surface area (Å²) in [5.74, 6) is -1.62. The van der Waals surface area contributed by atoms with Gasteiger partial charge in [0.15, 0.2) is 0 Å². The third kappa shape index (κ3) is 2.59. The fourth-order valence-corrected chi connectivity index (χ4v) is 2.15. The number of ether oxygens (including phenoxy) is 1. The van der Waals surface area contributed by atoms with Crippen LogP contribution in [0.25, 0.3) is 0 Å². The van der Waals surface area contributed by atoms with Crippen molar-refractivity contribution in [3.63, 3.8) is 0 Å². The molecule has 0 fully saturated rings. The van der Waals surface area contributed by atoms with Crippen molar-refractivity contribution in [2.45, 2.75) is 13.0 Å². The van der Waals surface area contributed by atoms with Crippen LogP contribution in [0.5, 0.6) is 0 Å². The van der Waals surface area contributed by atoms with Crippen molar-refractivity contribution in [3.05, 3.63) is 51.1 Å². The van der Waals surface area contributed by atoms with E-state index in [1.165, 1.54) is 19.2 Å². The standard InChI is InChI=1S/C13H11BrFNO4/c1-6-10(12(20-16-6)13(18)19-2)11(17)8-4-3-7(14)5-9(8)15/h3-5,11,17H,1-2H3. The van der Waals surface area contributed by atoms with Crippen LogP contribution in [0.4, 0.5) is 4.39 Å². The van der Waals surface area contributed by atoms with Crippen molar-refractivity contribution in [1.29, 1.82) is 0 Å². The monoisotopic (exact) mass is 343 g/mol. The van der Waals surface area contributed by atoms with E-state index in [1.807, 2.05) is 0 Å². The fourth-order valence-electron chi connectivity index (χ4n) is 1.82. The number of aliphatic hydroxyl groups excluding tert-OH is 1. The van der Waals surface area contributed by atoms with Gasteiger partial charge >= 0.3 is 5.97 Å². The molecule has 0 aliphatic heterocycles. The maximum atomic E-state index is 13.9. The van der Waals surface area contributed by atoms with E-state index < -0.39 is 17.9 Å². The van der Waals surface area contributed by atoms with Gasteiger partial charge in [-0.25, -0.2) is 9.18 Å². The van der Waals surface area contributed by atoms with Crippen LogP contribution in [-0.2, 0) is 4.74 Å². The SMILES string of the molecule is COC(=O)c1onc(C)c1C(O)c1ccc(Br)cc1F. The molecule has 1 aromatic carbocycles. The first-order chi connectivity index (χ1) is 9.45. The third-order valence-electron chi connectivity index (χ3n) is 2.81. The minimum atomic E-state index is -1.37. The van der Waals surface area contributed by atoms with Gasteiger partial charge in [-0.15, -0.1) is 0 Å². The molecule has 7 heteroatoms. The van der Waals surface area contributed by atoms with Gasteiger partial charge in [0.1, 0.15) is 11.9 Å². The summed E-state index contributed by atoms with van der Waals surface area (Å²) < 4.78 is 23.8. The number of esters is 1. The van der Waals surface area contributed by atoms with Crippen LogP contribution >= 0.6 is 15.9 Å². The lowest BCUT2D eigenvalue weighted by Gasteiger charge is -2.12. The van der Waals surface area contributed by atoms with Gasteiger partial charge in [0, 0.05) is 10.0 Å². The zero-order chi connectivity index (χ0) is 14.9. The molecule has 5 nitrogen and oxygen atoms in total. The second kappa shape index (κ2) is 5.72. The van der Waals surface area contributed by atoms with Gasteiger partial charge in [-0.05, 0) is 19.1 Å². The predicted molar refractivity (Wildman–Crippen MR) is 70.7 cm³/mol. The summed E-state index contributed by atoms with van der Waals surface area (Å²) >= 11 is 3.13. The van der Waals surface area contributed by atoms with E-state index in [2.05, 4.69) is 25.8 Å². The van der Waals surface area contributed by atoms with Crippen molar-refractivity contribution < 1.29 is 23.6 Å². The van der Waals surface area contributed by atoms with Gasteiger partial charge in [0.2, 0.25) is 0 Å². The average molecular weight is 344 g/mol. The zero-order valence-corrected chi connectivity index (χ0v) is 12.3. The first kappa shape index (κ1) is 14.7. The zero-order valence-electron chi connectivity index (χ0n) is 10.7. The molecule has 0 amide bonds. The molecule has 0 radical (unpaired) electrons. The minimum absolute atomic E-state index is 0.0182. The highest BCUT2D eigenvalue weighted by Gasteiger charge is 2.28. The molecule has 0 saturated heterocycles. The van der Waals surface area contributed by atoms with Gasteiger partial charge in [-0.3, -0.25) is 0 Å². The van der Waals surface area contributed by atoms with Gasteiger partial charge in [-0.1, -0.05) is 27.2 Å². The Hall–Kier alpha value is -1.73. The van der Waals surface area contributed by atoms with Crippen LogP contribution < -0.4 is 0 Å². The molecule has 0 bridgehead atoms. The van der Waals surface area contributed by atoms with Crippen LogP contribution in [0.1, 0.15) is 33.5 Å². The molecule has 1 unspecified atom stereocenters. The Balaban J connectivity index is 2.50. The lowest BCUT2D eigenvalue weighted by molar-refractivity contribution is 0.0547. The number of hydrogen-bond donors (Lipinski definition) is 1. The summed E-state index contributed by atoms with van der Waals surface area (Å²) in [5.41, 5.74) is 0.406. The smallest absolute Gasteiger partial charge is 0.377 e. The summed E-state index contributed by atoms with van der Waals surface area (Å²) in [4.78, 5) is 11.6. The van der Waals surface area contributed by atoms with Crippen molar-refractivity contribution in [2.75, 3.05) is 7.11 Å². The third-order valence-corrected chi connectivity index (χ3v) is 3.30. The molecule has 2 rings (SSSR count). The second-order valence-corrected chi connectivity index (χ2v) is 4.99. The van der Waals surface area contributed by atoms with E-state index in [4.69, 9.17) is 4.52 Å². The first-order valence-corrected chi connectivity index (χ1v) is 6.42. The first-order valence-electron chi connectivity index (χ1n) is 5.63. The number of carbonyl (C=O) groups is 1. The van der Waals surface area contributed by atoms with Gasteiger partial charge in [0.05, 0.1) is 18.4 Å². The predicted octanol–water partition coefficient (Wildman–Crippen LogP) is 2.75. The molecule has 0 spiro atoms. The lowest BCUT2D eigenvalue weighted by atomic mass is 9.99. The number of carbonyl (C=O) groups excluding carboxylic acids is 1. The molecule has 0 aliphatic carbocycles. The number of nitrogens with zero attached hydrogens (tertiary/aromatic N) is 1. The molecule has 0 saturated carbocycles. The van der Waals surface area contributed by atoms with Crippen LogP contribution in [0.15, 0.2) is 27.2 Å². The molecule has 106 valence electrons. The largest absolute Gasteiger partial charge is 0.463 e. The van der Waals surface area contributed by atoms with Crippen molar-refractivity contribution in [3.8, 4) is 0 Å². The summed E-state index contributed by atoms with van der Waals surface area (Å²) in [7, 11) is 1.18. The lowest BCUT2D eigenvalue weighted by Crippen LogP contribution is -2.10. The second-order valence-electron chi connectivity index (χ2n) is 4.07. The molecule has 1 atom stereocenters. The summed E-state index contributed by atoms with van der Waals surface area (Å²) in [5, 5.41) is 13.9. The van der Waals surface area contributed by atoms with Gasteiger partial charge < -0.3 is 14.4 Å². The van der Waals surface area contributed by atoms with Gasteiger partial charge in [0.25, 0.3) is 5.76 Å². The Morgan fingerprint density at radius 2 is 2.25 bits per heavy atom. The summed E-state index contributed by atoms with van der Waals surface area (Å²) in [6.07, 6.45) is -1.37. The van der Waals surface area contributed by atoms with Gasteiger partial charge in [-0.2, -0.15) is 0 Å². The van der Waals surface area contributed by atoms with Crippen LogP contribution in [0, 0.1) is 12.7 Å². The topological polar surface area (TPSA) is 72.6 Å². The molecule has 0 aliphatic rings. The molecular weight excluding hydrogens is 333 g/mol. The number of benzene rings is 1. The van der Waals surface area contributed by atoms with E-state index in [0.717, 1.165) is 0 Å². The Labute approximate surface area is 122 Å². The Kier molecular flexibility index (Phi) is 4.20. The number of methoxy groups -OCH3 is 1. The molecule has 1 heterocycles. The average Bonchev–Trinajstić information content (AvgIpc) is 2.79. The molecule has 2 aromatic rings. The van der Waals surface area contributed by atoms with Crippen molar-refractivity contribution in [2.24, 2.45) is 0 Å². The number of hydrogen-bond acceptors (Lipinski definition) is 5. The fraction of sp³-hybridized carbons (Fsp3) is 0.231. The molecular formula is C13H11BrFNO4. The number of halogens is 2. The normalized spacial score (nSPS) is 12.2. The molecule has 20 heavy (non-hydrogen) atoms. The number of rotatable bonds is 3. The highest BCUT2D eigenvalue weighted by molar-refractivity contribution is 9.10. The van der Waals surface area contributed by atoms with E-state index >= 15 is 0 Å². The Morgan fingerprint density at radius 3 is 2.85 bits per heavy atom. The summed E-state index contributed by atoms with van der Waals surface area (Å²) in [6, 6.07) is 4.22.